The fraction of sp³-hybridized carbons (Fsp3) is 0.375. The average Bonchev–Trinajstić information content (AvgIpc) is 1.98. The van der Waals surface area contributed by atoms with Gasteiger partial charge >= 0.3 is 5.97 Å². The molecule has 0 aromatic heterocycles. The van der Waals surface area contributed by atoms with E-state index in [2.05, 4.69) is 16.6 Å². The molecule has 11 heavy (non-hydrogen) atoms. The van der Waals surface area contributed by atoms with Crippen molar-refractivity contribution in [1.82, 2.24) is 5.32 Å². The Hall–Kier alpha value is -1.25. The van der Waals surface area contributed by atoms with Crippen LogP contribution in [0.3, 0.4) is 0 Å². The first-order valence-corrected chi connectivity index (χ1v) is 3.25. The van der Waals surface area contributed by atoms with E-state index in [1.807, 2.05) is 0 Å². The molecule has 0 unspecified atom stereocenters. The van der Waals surface area contributed by atoms with Gasteiger partial charge in [0, 0.05) is 7.05 Å². The van der Waals surface area contributed by atoms with Crippen LogP contribution >= 0.6 is 0 Å². The third-order valence-corrected chi connectivity index (χ3v) is 1.07. The molecule has 0 aliphatic rings. The van der Waals surface area contributed by atoms with E-state index in [1.54, 1.807) is 20.0 Å². The fourth-order valence-corrected chi connectivity index (χ4v) is 0.590. The number of likely N-dealkylation sites (N-methyl/N-ethyl adjacent to an activating group) is 1. The second-order valence-electron chi connectivity index (χ2n) is 2.15. The molecular formula is C8H13NO2. The molecular weight excluding hydrogens is 142 g/mol. The molecule has 0 saturated carbocycles. The van der Waals surface area contributed by atoms with Crippen LogP contribution in [-0.4, -0.2) is 20.1 Å². The largest absolute Gasteiger partial charge is 0.464 e. The number of hydrogen-bond acceptors (Lipinski definition) is 3. The third kappa shape index (κ3) is 3.45. The zero-order chi connectivity index (χ0) is 8.85. The Kier molecular flexibility index (Phi) is 4.03. The predicted molar refractivity (Wildman–Crippen MR) is 44.0 cm³/mol. The lowest BCUT2D eigenvalue weighted by Crippen LogP contribution is -2.17. The van der Waals surface area contributed by atoms with Gasteiger partial charge in [0.1, 0.15) is 5.70 Å². The van der Waals surface area contributed by atoms with Crippen molar-refractivity contribution in [3.05, 3.63) is 23.9 Å². The van der Waals surface area contributed by atoms with Crippen molar-refractivity contribution in [2.75, 3.05) is 14.2 Å². The van der Waals surface area contributed by atoms with Crippen molar-refractivity contribution in [3.8, 4) is 0 Å². The number of carbonyl (C=O) groups excluding carboxylic acids is 1. The Bertz CT molecular complexity index is 194. The highest BCUT2D eigenvalue weighted by Gasteiger charge is 2.05. The summed E-state index contributed by atoms with van der Waals surface area (Å²) in [6.07, 6.45) is 1.63. The minimum absolute atomic E-state index is 0.379. The molecule has 0 radical (unpaired) electrons. The van der Waals surface area contributed by atoms with Crippen molar-refractivity contribution in [2.45, 2.75) is 6.92 Å². The lowest BCUT2D eigenvalue weighted by atomic mass is 10.3. The van der Waals surface area contributed by atoms with Gasteiger partial charge in [-0.15, -0.1) is 0 Å². The van der Waals surface area contributed by atoms with Crippen molar-refractivity contribution in [2.24, 2.45) is 0 Å². The Labute approximate surface area is 66.7 Å². The maximum atomic E-state index is 10.9. The van der Waals surface area contributed by atoms with E-state index in [4.69, 9.17) is 0 Å². The third-order valence-electron chi connectivity index (χ3n) is 1.07. The first-order valence-electron chi connectivity index (χ1n) is 3.25. The van der Waals surface area contributed by atoms with Gasteiger partial charge < -0.3 is 10.1 Å². The van der Waals surface area contributed by atoms with Crippen LogP contribution in [-0.2, 0) is 9.53 Å². The summed E-state index contributed by atoms with van der Waals surface area (Å²) in [7, 11) is 3.00. The first kappa shape index (κ1) is 9.75. The Morgan fingerprint density at radius 3 is 2.45 bits per heavy atom. The van der Waals surface area contributed by atoms with Crippen LogP contribution in [0.1, 0.15) is 6.92 Å². The predicted octanol–water partition coefficient (Wildman–Crippen LogP) is 0.839. The molecule has 1 N–H and O–H groups in total. The number of carbonyl (C=O) groups is 1. The molecule has 3 nitrogen and oxygen atoms in total. The van der Waals surface area contributed by atoms with E-state index in [0.29, 0.717) is 5.70 Å². The molecule has 0 bridgehead atoms. The topological polar surface area (TPSA) is 38.3 Å². The molecule has 0 spiro atoms. The molecule has 0 amide bonds. The smallest absolute Gasteiger partial charge is 0.354 e. The fourth-order valence-electron chi connectivity index (χ4n) is 0.590. The highest BCUT2D eigenvalue weighted by Crippen LogP contribution is 1.97. The number of hydrogen-bond donors (Lipinski definition) is 1. The standard InChI is InChI=1S/C8H13NO2/c1-6(2)5-7(9-3)8(10)11-4/h5,9H,1H2,2-4H3/b7-5-. The van der Waals surface area contributed by atoms with Crippen LogP contribution in [0.2, 0.25) is 0 Å². The van der Waals surface area contributed by atoms with E-state index < -0.39 is 0 Å². The molecule has 0 aromatic rings. The van der Waals surface area contributed by atoms with Crippen molar-refractivity contribution in [1.29, 1.82) is 0 Å². The number of allylic oxidation sites excluding steroid dienone is 2. The van der Waals surface area contributed by atoms with E-state index in [-0.39, 0.29) is 5.97 Å². The minimum atomic E-state index is -0.379. The number of ether oxygens (including phenoxy) is 1. The molecule has 62 valence electrons. The van der Waals surface area contributed by atoms with Gasteiger partial charge in [-0.1, -0.05) is 12.2 Å². The van der Waals surface area contributed by atoms with Crippen LogP contribution in [0, 0.1) is 0 Å². The van der Waals surface area contributed by atoms with Crippen molar-refractivity contribution in [3.63, 3.8) is 0 Å². The summed E-state index contributed by atoms with van der Waals surface area (Å²) in [5.74, 6) is -0.379. The highest BCUT2D eigenvalue weighted by atomic mass is 16.5. The molecule has 0 heterocycles. The average molecular weight is 155 g/mol. The molecule has 0 rings (SSSR count). The first-order chi connectivity index (χ1) is 5.11. The molecule has 3 heteroatoms. The SMILES string of the molecule is C=C(C)/C=C(\NC)C(=O)OC. The van der Waals surface area contributed by atoms with Gasteiger partial charge in [-0.2, -0.15) is 0 Å². The van der Waals surface area contributed by atoms with E-state index in [9.17, 15) is 4.79 Å². The molecule has 0 aliphatic heterocycles. The lowest BCUT2D eigenvalue weighted by Gasteiger charge is -2.02. The summed E-state index contributed by atoms with van der Waals surface area (Å²) < 4.78 is 4.49. The Morgan fingerprint density at radius 2 is 2.18 bits per heavy atom. The van der Waals surface area contributed by atoms with Crippen LogP contribution in [0.5, 0.6) is 0 Å². The summed E-state index contributed by atoms with van der Waals surface area (Å²) in [5, 5.41) is 2.71. The van der Waals surface area contributed by atoms with E-state index in [0.717, 1.165) is 5.57 Å². The van der Waals surface area contributed by atoms with Gasteiger partial charge in [0.25, 0.3) is 0 Å². The number of nitrogens with one attached hydrogen (secondary N) is 1. The number of rotatable bonds is 3. The van der Waals surface area contributed by atoms with Gasteiger partial charge in [0.15, 0.2) is 0 Å². The molecule has 0 atom stereocenters. The van der Waals surface area contributed by atoms with Crippen molar-refractivity contribution < 1.29 is 9.53 Å². The summed E-state index contributed by atoms with van der Waals surface area (Å²) in [6, 6.07) is 0. The maximum absolute atomic E-state index is 10.9. The summed E-state index contributed by atoms with van der Waals surface area (Å²) in [5.41, 5.74) is 1.22. The maximum Gasteiger partial charge on any atom is 0.354 e. The van der Waals surface area contributed by atoms with Crippen LogP contribution in [0.4, 0.5) is 0 Å². The quantitative estimate of drug-likeness (QED) is 0.373. The monoisotopic (exact) mass is 155 g/mol. The molecule has 0 aliphatic carbocycles. The van der Waals surface area contributed by atoms with Gasteiger partial charge in [0.2, 0.25) is 0 Å². The van der Waals surface area contributed by atoms with Gasteiger partial charge in [-0.05, 0) is 13.0 Å². The van der Waals surface area contributed by atoms with Gasteiger partial charge in [-0.25, -0.2) is 4.79 Å². The van der Waals surface area contributed by atoms with Crippen LogP contribution < -0.4 is 5.32 Å². The minimum Gasteiger partial charge on any atom is -0.464 e. The Balaban J connectivity index is 4.39. The molecule has 0 saturated heterocycles. The molecule has 0 aromatic carbocycles. The second kappa shape index (κ2) is 4.55. The van der Waals surface area contributed by atoms with E-state index >= 15 is 0 Å². The van der Waals surface area contributed by atoms with E-state index in [1.165, 1.54) is 7.11 Å². The van der Waals surface area contributed by atoms with Crippen molar-refractivity contribution >= 4 is 5.97 Å². The van der Waals surface area contributed by atoms with Gasteiger partial charge in [-0.3, -0.25) is 0 Å². The zero-order valence-electron chi connectivity index (χ0n) is 7.10. The second-order valence-corrected chi connectivity index (χ2v) is 2.15. The summed E-state index contributed by atoms with van der Waals surface area (Å²) in [6.45, 7) is 5.44. The number of methoxy groups -OCH3 is 1. The summed E-state index contributed by atoms with van der Waals surface area (Å²) >= 11 is 0. The number of esters is 1. The summed E-state index contributed by atoms with van der Waals surface area (Å²) in [4.78, 5) is 10.9. The lowest BCUT2D eigenvalue weighted by molar-refractivity contribution is -0.136. The van der Waals surface area contributed by atoms with Crippen LogP contribution in [0.25, 0.3) is 0 Å². The van der Waals surface area contributed by atoms with Crippen LogP contribution in [0.15, 0.2) is 23.9 Å². The zero-order valence-corrected chi connectivity index (χ0v) is 7.10. The van der Waals surface area contributed by atoms with Gasteiger partial charge in [0.05, 0.1) is 7.11 Å². The normalized spacial score (nSPS) is 10.6. The Morgan fingerprint density at radius 1 is 1.64 bits per heavy atom. The highest BCUT2D eigenvalue weighted by molar-refractivity contribution is 5.88. The molecule has 0 fully saturated rings.